The van der Waals surface area contributed by atoms with Crippen molar-refractivity contribution in [2.45, 2.75) is 44.2 Å². The van der Waals surface area contributed by atoms with Crippen LogP contribution in [0.25, 0.3) is 0 Å². The molecular weight excluding hydrogens is 504 g/mol. The van der Waals surface area contributed by atoms with Gasteiger partial charge in [0.05, 0.1) is 0 Å². The number of hydrogen-bond donors (Lipinski definition) is 9. The molecule has 14 N–H and O–H groups in total. The van der Waals surface area contributed by atoms with Gasteiger partial charge < -0.3 is 44.6 Å². The van der Waals surface area contributed by atoms with E-state index in [2.05, 4.69) is 27.5 Å². The quantitative estimate of drug-likeness (QED) is 0.0317. The topological polar surface area (TPSA) is 271 Å². The van der Waals surface area contributed by atoms with Gasteiger partial charge >= 0.3 is 0 Å². The second-order valence-corrected chi connectivity index (χ2v) is 8.81. The van der Waals surface area contributed by atoms with Crippen molar-refractivity contribution >= 4 is 35.4 Å². The van der Waals surface area contributed by atoms with E-state index in [9.17, 15) is 19.2 Å². The maximum Gasteiger partial charge on any atom is 0.243 e. The molecule has 0 heterocycles. The maximum atomic E-state index is 13.3. The Morgan fingerprint density at radius 1 is 0.923 bits per heavy atom. The molecule has 0 spiro atoms. The summed E-state index contributed by atoms with van der Waals surface area (Å²) < 4.78 is 0. The van der Waals surface area contributed by atoms with Gasteiger partial charge in [-0.25, -0.2) is 0 Å². The first kappa shape index (κ1) is 32.6. The smallest absolute Gasteiger partial charge is 0.243 e. The van der Waals surface area contributed by atoms with E-state index in [1.807, 2.05) is 0 Å². The number of nitrogens with one attached hydrogen (secondary N) is 4. The number of rotatable bonds is 18. The molecule has 14 nitrogen and oxygen atoms in total. The Bertz CT molecular complexity index is 1040. The summed E-state index contributed by atoms with van der Waals surface area (Å²) in [6, 6.07) is 4.46. The van der Waals surface area contributed by atoms with E-state index in [0.717, 1.165) is 0 Å². The number of guanidine groups is 1. The van der Waals surface area contributed by atoms with Crippen LogP contribution in [0.5, 0.6) is 0 Å². The van der Waals surface area contributed by atoms with Crippen molar-refractivity contribution in [1.82, 2.24) is 16.0 Å². The van der Waals surface area contributed by atoms with E-state index < -0.39 is 41.6 Å². The number of aliphatic imine (C=N–C) groups is 1. The minimum Gasteiger partial charge on any atom is -0.384 e. The second kappa shape index (κ2) is 17.1. The first-order chi connectivity index (χ1) is 18.5. The molecule has 214 valence electrons. The van der Waals surface area contributed by atoms with Gasteiger partial charge in [-0.1, -0.05) is 30.3 Å². The van der Waals surface area contributed by atoms with Crippen LogP contribution < -0.4 is 44.6 Å². The molecule has 2 unspecified atom stereocenters. The molecule has 3 atom stereocenters. The monoisotopic (exact) mass is 544 g/mol. The molecule has 14 heteroatoms. The van der Waals surface area contributed by atoms with Crippen molar-refractivity contribution in [3.05, 3.63) is 48.0 Å². The summed E-state index contributed by atoms with van der Waals surface area (Å²) in [7, 11) is 0. The zero-order valence-electron chi connectivity index (χ0n) is 21.9. The van der Waals surface area contributed by atoms with E-state index in [1.165, 1.54) is 6.08 Å². The number of nitrogen functional groups attached to an aromatic ring is 1. The van der Waals surface area contributed by atoms with Crippen molar-refractivity contribution in [3.8, 4) is 0 Å². The Balaban J connectivity index is 3.07. The lowest BCUT2D eigenvalue weighted by molar-refractivity contribution is -0.138. The molecule has 0 saturated carbocycles. The highest BCUT2D eigenvalue weighted by Gasteiger charge is 2.31. The van der Waals surface area contributed by atoms with E-state index in [1.54, 1.807) is 24.3 Å². The minimum atomic E-state index is -1.19. The van der Waals surface area contributed by atoms with Crippen molar-refractivity contribution in [2.75, 3.05) is 19.6 Å². The first-order valence-corrected chi connectivity index (χ1v) is 12.5. The number of amidine groups is 1. The Morgan fingerprint density at radius 3 is 2.08 bits per heavy atom. The summed E-state index contributed by atoms with van der Waals surface area (Å²) >= 11 is 0. The average Bonchev–Trinajstić information content (AvgIpc) is 2.89. The van der Waals surface area contributed by atoms with Crippen LogP contribution in [0.2, 0.25) is 0 Å². The SMILES string of the molecule is C=CCNC(=O)C(Cc1ccc(C(=N)N)cc1)C(=O)NC(CCCN)C(=O)N[C@@H](CCCN=C(N)N)C(N)=O. The van der Waals surface area contributed by atoms with Gasteiger partial charge in [-0.15, -0.1) is 6.58 Å². The number of hydrogen-bond acceptors (Lipinski definition) is 7. The predicted octanol–water partition coefficient (Wildman–Crippen LogP) is -2.32. The molecule has 0 saturated heterocycles. The second-order valence-electron chi connectivity index (χ2n) is 8.81. The fourth-order valence-corrected chi connectivity index (χ4v) is 3.58. The number of carbonyl (C=O) groups is 4. The Hall–Kier alpha value is -4.46. The molecule has 0 aliphatic carbocycles. The normalized spacial score (nSPS) is 12.7. The third-order valence-corrected chi connectivity index (χ3v) is 5.69. The van der Waals surface area contributed by atoms with Gasteiger partial charge in [-0.3, -0.25) is 29.6 Å². The van der Waals surface area contributed by atoms with Crippen LogP contribution in [-0.4, -0.2) is 67.1 Å². The standard InChI is InChI=1S/C25H40N10O4/c1-2-12-32-22(37)17(14-15-7-9-16(10-8-15)20(27)28)23(38)35-19(5-3-11-26)24(39)34-18(21(29)36)6-4-13-33-25(30)31/h2,7-10,17-19H,1,3-6,11-14,26H2,(H3,27,28)(H2,29,36)(H,32,37)(H,34,39)(H,35,38)(H4,30,31,33)/t17?,18-,19?/m0/s1. The molecular formula is C25H40N10O4. The number of nitrogens with zero attached hydrogens (tertiary/aromatic N) is 1. The number of nitrogens with two attached hydrogens (primary N) is 5. The van der Waals surface area contributed by atoms with Crippen molar-refractivity contribution in [3.63, 3.8) is 0 Å². The van der Waals surface area contributed by atoms with E-state index in [-0.39, 0.29) is 50.7 Å². The third kappa shape index (κ3) is 12.1. The molecule has 0 radical (unpaired) electrons. The fraction of sp³-hybridized carbons (Fsp3) is 0.440. The lowest BCUT2D eigenvalue weighted by Crippen LogP contribution is -2.55. The zero-order valence-corrected chi connectivity index (χ0v) is 21.9. The molecule has 1 aromatic carbocycles. The molecule has 0 aliphatic rings. The van der Waals surface area contributed by atoms with Crippen LogP contribution in [0, 0.1) is 11.3 Å². The van der Waals surface area contributed by atoms with E-state index >= 15 is 0 Å². The molecule has 0 aliphatic heterocycles. The Kier molecular flexibility index (Phi) is 14.3. The summed E-state index contributed by atoms with van der Waals surface area (Å²) in [6.07, 6.45) is 2.61. The van der Waals surface area contributed by atoms with Gasteiger partial charge in [0.15, 0.2) is 5.96 Å². The molecule has 1 aromatic rings. The van der Waals surface area contributed by atoms with Gasteiger partial charge in [0.1, 0.15) is 23.8 Å². The van der Waals surface area contributed by atoms with Crippen molar-refractivity contribution in [1.29, 1.82) is 5.41 Å². The number of benzene rings is 1. The summed E-state index contributed by atoms with van der Waals surface area (Å²) in [5.74, 6) is -4.04. The lowest BCUT2D eigenvalue weighted by Gasteiger charge is -2.24. The summed E-state index contributed by atoms with van der Waals surface area (Å²) in [5, 5.41) is 15.3. The minimum absolute atomic E-state index is 0.0208. The van der Waals surface area contributed by atoms with Gasteiger partial charge in [-0.05, 0) is 44.2 Å². The van der Waals surface area contributed by atoms with Crippen molar-refractivity contribution < 1.29 is 19.2 Å². The Labute approximate surface area is 227 Å². The summed E-state index contributed by atoms with van der Waals surface area (Å²) in [4.78, 5) is 55.0. The highest BCUT2D eigenvalue weighted by Crippen LogP contribution is 2.13. The van der Waals surface area contributed by atoms with Crippen LogP contribution in [0.15, 0.2) is 41.9 Å². The van der Waals surface area contributed by atoms with Crippen LogP contribution in [-0.2, 0) is 25.6 Å². The maximum absolute atomic E-state index is 13.3. The molecule has 4 amide bonds. The Morgan fingerprint density at radius 2 is 1.54 bits per heavy atom. The number of primary amides is 1. The first-order valence-electron chi connectivity index (χ1n) is 12.5. The number of carbonyl (C=O) groups excluding carboxylic acids is 4. The molecule has 39 heavy (non-hydrogen) atoms. The van der Waals surface area contributed by atoms with Crippen LogP contribution in [0.1, 0.15) is 36.8 Å². The highest BCUT2D eigenvalue weighted by atomic mass is 16.2. The zero-order chi connectivity index (χ0) is 29.4. The van der Waals surface area contributed by atoms with Crippen LogP contribution in [0.4, 0.5) is 0 Å². The number of amides is 4. The summed E-state index contributed by atoms with van der Waals surface area (Å²) in [6.45, 7) is 4.20. The molecule has 0 fully saturated rings. The molecule has 0 bridgehead atoms. The van der Waals surface area contributed by atoms with Gasteiger partial charge in [0, 0.05) is 18.7 Å². The van der Waals surface area contributed by atoms with Crippen molar-refractivity contribution in [2.24, 2.45) is 39.6 Å². The van der Waals surface area contributed by atoms with Crippen LogP contribution >= 0.6 is 0 Å². The van der Waals surface area contributed by atoms with Crippen LogP contribution in [0.3, 0.4) is 0 Å². The third-order valence-electron chi connectivity index (χ3n) is 5.69. The summed E-state index contributed by atoms with van der Waals surface area (Å²) in [5.41, 5.74) is 28.3. The van der Waals surface area contributed by atoms with Gasteiger partial charge in [-0.2, -0.15) is 0 Å². The predicted molar refractivity (Wildman–Crippen MR) is 149 cm³/mol. The fourth-order valence-electron chi connectivity index (χ4n) is 3.58. The molecule has 0 aromatic heterocycles. The van der Waals surface area contributed by atoms with E-state index in [4.69, 9.17) is 34.1 Å². The van der Waals surface area contributed by atoms with Gasteiger partial charge in [0.25, 0.3) is 0 Å². The lowest BCUT2D eigenvalue weighted by atomic mass is 9.95. The molecule has 1 rings (SSSR count). The average molecular weight is 545 g/mol. The van der Waals surface area contributed by atoms with E-state index in [0.29, 0.717) is 24.0 Å². The highest BCUT2D eigenvalue weighted by molar-refractivity contribution is 6.02. The van der Waals surface area contributed by atoms with Gasteiger partial charge in [0.2, 0.25) is 23.6 Å². The largest absolute Gasteiger partial charge is 0.384 e.